The summed E-state index contributed by atoms with van der Waals surface area (Å²) in [6.07, 6.45) is 5.25. The van der Waals surface area contributed by atoms with Gasteiger partial charge in [0.2, 0.25) is 0 Å². The Balaban J connectivity index is 1.82. The predicted molar refractivity (Wildman–Crippen MR) is 80.7 cm³/mol. The average Bonchev–Trinajstić information content (AvgIpc) is 2.82. The van der Waals surface area contributed by atoms with Gasteiger partial charge in [-0.05, 0) is 49.8 Å². The molecule has 0 heterocycles. The van der Waals surface area contributed by atoms with Gasteiger partial charge in [0.25, 0.3) is 0 Å². The van der Waals surface area contributed by atoms with E-state index in [1.54, 1.807) is 7.11 Å². The number of rotatable bonds is 6. The van der Waals surface area contributed by atoms with E-state index in [4.69, 9.17) is 4.74 Å². The molecule has 0 aliphatic heterocycles. The van der Waals surface area contributed by atoms with E-state index in [1.165, 1.54) is 24.8 Å². The van der Waals surface area contributed by atoms with Crippen LogP contribution in [0.15, 0.2) is 24.3 Å². The first-order valence-corrected chi connectivity index (χ1v) is 7.56. The third kappa shape index (κ3) is 3.97. The molecule has 0 aromatic heterocycles. The van der Waals surface area contributed by atoms with Crippen LogP contribution in [0.2, 0.25) is 0 Å². The van der Waals surface area contributed by atoms with Crippen LogP contribution >= 0.6 is 0 Å². The van der Waals surface area contributed by atoms with E-state index in [9.17, 15) is 0 Å². The van der Waals surface area contributed by atoms with E-state index in [-0.39, 0.29) is 0 Å². The molecule has 1 aromatic rings. The van der Waals surface area contributed by atoms with Crippen molar-refractivity contribution in [3.8, 4) is 5.75 Å². The van der Waals surface area contributed by atoms with Gasteiger partial charge in [0.15, 0.2) is 0 Å². The van der Waals surface area contributed by atoms with Crippen molar-refractivity contribution < 1.29 is 4.74 Å². The molecule has 106 valence electrons. The number of benzene rings is 1. The van der Waals surface area contributed by atoms with E-state index in [0.717, 1.165) is 30.6 Å². The van der Waals surface area contributed by atoms with Crippen LogP contribution in [0.3, 0.4) is 0 Å². The van der Waals surface area contributed by atoms with Gasteiger partial charge in [0, 0.05) is 6.04 Å². The summed E-state index contributed by atoms with van der Waals surface area (Å²) >= 11 is 0. The van der Waals surface area contributed by atoms with Crippen molar-refractivity contribution in [1.82, 2.24) is 5.32 Å². The molecule has 0 radical (unpaired) electrons. The summed E-state index contributed by atoms with van der Waals surface area (Å²) in [5, 5.41) is 3.70. The van der Waals surface area contributed by atoms with Crippen LogP contribution in [0.25, 0.3) is 0 Å². The lowest BCUT2D eigenvalue weighted by Crippen LogP contribution is -2.33. The molecule has 2 nitrogen and oxygen atoms in total. The molecule has 0 spiro atoms. The third-order valence-corrected chi connectivity index (χ3v) is 4.49. The van der Waals surface area contributed by atoms with Crippen molar-refractivity contribution in [2.24, 2.45) is 11.8 Å². The molecule has 19 heavy (non-hydrogen) atoms. The van der Waals surface area contributed by atoms with Gasteiger partial charge in [-0.3, -0.25) is 0 Å². The lowest BCUT2D eigenvalue weighted by molar-refractivity contribution is 0.368. The van der Waals surface area contributed by atoms with Gasteiger partial charge in [-0.1, -0.05) is 38.0 Å². The first-order chi connectivity index (χ1) is 9.20. The van der Waals surface area contributed by atoms with Gasteiger partial charge in [-0.25, -0.2) is 0 Å². The second kappa shape index (κ2) is 6.95. The molecule has 1 aliphatic carbocycles. The fourth-order valence-electron chi connectivity index (χ4n) is 3.15. The summed E-state index contributed by atoms with van der Waals surface area (Å²) in [7, 11) is 1.75. The first-order valence-electron chi connectivity index (χ1n) is 7.56. The number of para-hydroxylation sites is 1. The van der Waals surface area contributed by atoms with E-state index < -0.39 is 0 Å². The largest absolute Gasteiger partial charge is 0.496 e. The van der Waals surface area contributed by atoms with E-state index in [2.05, 4.69) is 31.3 Å². The van der Waals surface area contributed by atoms with Crippen molar-refractivity contribution in [2.75, 3.05) is 13.7 Å². The Morgan fingerprint density at radius 3 is 2.79 bits per heavy atom. The fourth-order valence-corrected chi connectivity index (χ4v) is 3.15. The molecule has 2 rings (SSSR count). The Hall–Kier alpha value is -1.02. The second-order valence-electron chi connectivity index (χ2n) is 5.99. The molecule has 1 aliphatic rings. The molecule has 3 atom stereocenters. The summed E-state index contributed by atoms with van der Waals surface area (Å²) in [6, 6.07) is 8.82. The quantitative estimate of drug-likeness (QED) is 0.844. The van der Waals surface area contributed by atoms with Crippen molar-refractivity contribution >= 4 is 0 Å². The Morgan fingerprint density at radius 2 is 2.11 bits per heavy atom. The maximum absolute atomic E-state index is 5.41. The van der Waals surface area contributed by atoms with Crippen LogP contribution in [0.1, 0.15) is 38.7 Å². The molecular weight excluding hydrogens is 234 g/mol. The Labute approximate surface area is 117 Å². The zero-order chi connectivity index (χ0) is 13.7. The fraction of sp³-hybridized carbons (Fsp3) is 0.647. The van der Waals surface area contributed by atoms with Gasteiger partial charge in [0.1, 0.15) is 5.75 Å². The van der Waals surface area contributed by atoms with Gasteiger partial charge >= 0.3 is 0 Å². The van der Waals surface area contributed by atoms with Crippen LogP contribution in [0.4, 0.5) is 0 Å². The van der Waals surface area contributed by atoms with Crippen LogP contribution in [0.5, 0.6) is 5.75 Å². The summed E-state index contributed by atoms with van der Waals surface area (Å²) in [5.74, 6) is 2.77. The molecule has 1 saturated carbocycles. The Kier molecular flexibility index (Phi) is 5.26. The smallest absolute Gasteiger partial charge is 0.122 e. The highest BCUT2D eigenvalue weighted by atomic mass is 16.5. The van der Waals surface area contributed by atoms with Crippen molar-refractivity contribution in [2.45, 2.75) is 45.6 Å². The molecule has 3 unspecified atom stereocenters. The standard InChI is InChI=1S/C17H27NO/c1-13-7-6-9-16(13)12-18-14(2)11-15-8-4-5-10-17(15)19-3/h4-5,8,10,13-14,16,18H,6-7,9,11-12H2,1-3H3. The molecule has 0 bridgehead atoms. The highest BCUT2D eigenvalue weighted by Crippen LogP contribution is 2.30. The molecule has 1 aromatic carbocycles. The first kappa shape index (κ1) is 14.4. The van der Waals surface area contributed by atoms with Gasteiger partial charge in [0.05, 0.1) is 7.11 Å². The molecule has 0 amide bonds. The highest BCUT2D eigenvalue weighted by molar-refractivity contribution is 5.33. The van der Waals surface area contributed by atoms with Crippen molar-refractivity contribution in [1.29, 1.82) is 0 Å². The average molecular weight is 261 g/mol. The SMILES string of the molecule is COc1ccccc1CC(C)NCC1CCCC1C. The highest BCUT2D eigenvalue weighted by Gasteiger charge is 2.23. The minimum Gasteiger partial charge on any atom is -0.496 e. The maximum Gasteiger partial charge on any atom is 0.122 e. The molecule has 0 saturated heterocycles. The summed E-state index contributed by atoms with van der Waals surface area (Å²) in [6.45, 7) is 5.83. The predicted octanol–water partition coefficient (Wildman–Crippen LogP) is 3.65. The van der Waals surface area contributed by atoms with E-state index in [0.29, 0.717) is 6.04 Å². The van der Waals surface area contributed by atoms with Crippen molar-refractivity contribution in [3.05, 3.63) is 29.8 Å². The van der Waals surface area contributed by atoms with Gasteiger partial charge in [-0.2, -0.15) is 0 Å². The summed E-state index contributed by atoms with van der Waals surface area (Å²) < 4.78 is 5.41. The minimum absolute atomic E-state index is 0.504. The van der Waals surface area contributed by atoms with Gasteiger partial charge in [-0.15, -0.1) is 0 Å². The monoisotopic (exact) mass is 261 g/mol. The van der Waals surface area contributed by atoms with Gasteiger partial charge < -0.3 is 10.1 Å². The lowest BCUT2D eigenvalue weighted by atomic mass is 9.97. The van der Waals surface area contributed by atoms with Crippen LogP contribution in [0, 0.1) is 11.8 Å². The number of nitrogens with one attached hydrogen (secondary N) is 1. The molecule has 1 N–H and O–H groups in total. The zero-order valence-corrected chi connectivity index (χ0v) is 12.5. The third-order valence-electron chi connectivity index (χ3n) is 4.49. The number of methoxy groups -OCH3 is 1. The van der Waals surface area contributed by atoms with E-state index in [1.807, 2.05) is 12.1 Å². The zero-order valence-electron chi connectivity index (χ0n) is 12.5. The minimum atomic E-state index is 0.504. The number of hydrogen-bond donors (Lipinski definition) is 1. The molecular formula is C17H27NO. The Morgan fingerprint density at radius 1 is 1.32 bits per heavy atom. The summed E-state index contributed by atoms with van der Waals surface area (Å²) in [5.41, 5.74) is 1.30. The van der Waals surface area contributed by atoms with Crippen LogP contribution in [-0.2, 0) is 6.42 Å². The number of hydrogen-bond acceptors (Lipinski definition) is 2. The topological polar surface area (TPSA) is 21.3 Å². The van der Waals surface area contributed by atoms with Crippen LogP contribution in [-0.4, -0.2) is 19.7 Å². The van der Waals surface area contributed by atoms with E-state index >= 15 is 0 Å². The lowest BCUT2D eigenvalue weighted by Gasteiger charge is -2.20. The summed E-state index contributed by atoms with van der Waals surface area (Å²) in [4.78, 5) is 0. The van der Waals surface area contributed by atoms with Crippen LogP contribution < -0.4 is 10.1 Å². The second-order valence-corrected chi connectivity index (χ2v) is 5.99. The molecule has 2 heteroatoms. The molecule has 1 fully saturated rings. The number of ether oxygens (including phenoxy) is 1. The van der Waals surface area contributed by atoms with Crippen molar-refractivity contribution in [3.63, 3.8) is 0 Å². The Bertz CT molecular complexity index is 391. The maximum atomic E-state index is 5.41. The normalized spacial score (nSPS) is 24.4.